The summed E-state index contributed by atoms with van der Waals surface area (Å²) in [7, 11) is 1.54. The first-order chi connectivity index (χ1) is 18.2. The van der Waals surface area contributed by atoms with Crippen molar-refractivity contribution in [1.29, 1.82) is 0 Å². The number of carbonyl (C=O) groups excluding carboxylic acids is 2. The topological polar surface area (TPSA) is 102 Å². The second kappa shape index (κ2) is 13.7. The predicted molar refractivity (Wildman–Crippen MR) is 139 cm³/mol. The van der Waals surface area contributed by atoms with Gasteiger partial charge in [0.2, 0.25) is 17.6 Å². The zero-order valence-corrected chi connectivity index (χ0v) is 21.6. The molecule has 2 amide bonds. The van der Waals surface area contributed by atoms with Gasteiger partial charge < -0.3 is 23.5 Å². The summed E-state index contributed by atoms with van der Waals surface area (Å²) in [6.45, 7) is 1.85. The molecule has 9 heteroatoms. The molecule has 0 radical (unpaired) electrons. The number of nitrogens with zero attached hydrogens (tertiary/aromatic N) is 4. The van der Waals surface area contributed by atoms with Crippen LogP contribution in [0.2, 0.25) is 0 Å². The molecular formula is C28H36N4O5. The van der Waals surface area contributed by atoms with Crippen molar-refractivity contribution in [2.24, 2.45) is 0 Å². The highest BCUT2D eigenvalue weighted by molar-refractivity contribution is 5.95. The molecule has 0 spiro atoms. The fourth-order valence-electron chi connectivity index (χ4n) is 4.68. The number of hydrogen-bond acceptors (Lipinski definition) is 7. The zero-order valence-electron chi connectivity index (χ0n) is 21.6. The molecule has 198 valence electrons. The number of anilines is 1. The number of ether oxygens (including phenoxy) is 1. The van der Waals surface area contributed by atoms with E-state index in [1.807, 2.05) is 34.1 Å². The SMILES string of the molecule is COCC(=O)N1CCCCCCCCN(C(=O)CCCc2nc(-c3ccco3)no2)Cc2ccccc21. The van der Waals surface area contributed by atoms with E-state index in [-0.39, 0.29) is 18.4 Å². The lowest BCUT2D eigenvalue weighted by Crippen LogP contribution is -2.37. The summed E-state index contributed by atoms with van der Waals surface area (Å²) in [5, 5.41) is 3.96. The molecule has 0 unspecified atom stereocenters. The Morgan fingerprint density at radius 2 is 1.76 bits per heavy atom. The average Bonchev–Trinajstić information content (AvgIpc) is 3.60. The van der Waals surface area contributed by atoms with Crippen LogP contribution in [0.1, 0.15) is 62.8 Å². The van der Waals surface area contributed by atoms with Crippen molar-refractivity contribution in [3.63, 3.8) is 0 Å². The molecule has 4 rings (SSSR count). The zero-order chi connectivity index (χ0) is 25.9. The normalized spacial score (nSPS) is 15.4. The maximum atomic E-state index is 13.3. The van der Waals surface area contributed by atoms with Gasteiger partial charge in [-0.2, -0.15) is 4.98 Å². The third-order valence-electron chi connectivity index (χ3n) is 6.62. The maximum Gasteiger partial charge on any atom is 0.252 e. The van der Waals surface area contributed by atoms with Gasteiger partial charge in [-0.05, 0) is 43.0 Å². The highest BCUT2D eigenvalue weighted by atomic mass is 16.5. The molecule has 0 atom stereocenters. The maximum absolute atomic E-state index is 13.3. The Balaban J connectivity index is 1.44. The van der Waals surface area contributed by atoms with Gasteiger partial charge in [-0.3, -0.25) is 9.59 Å². The molecule has 9 nitrogen and oxygen atoms in total. The quantitative estimate of drug-likeness (QED) is 0.442. The first-order valence-electron chi connectivity index (χ1n) is 13.2. The second-order valence-corrected chi connectivity index (χ2v) is 9.39. The molecule has 3 aromatic rings. The number of amides is 2. The Kier molecular flexibility index (Phi) is 9.88. The van der Waals surface area contributed by atoms with Gasteiger partial charge in [-0.15, -0.1) is 0 Å². The first kappa shape index (κ1) is 26.6. The van der Waals surface area contributed by atoms with E-state index in [4.69, 9.17) is 13.7 Å². The summed E-state index contributed by atoms with van der Waals surface area (Å²) in [5.74, 6) is 1.48. The monoisotopic (exact) mass is 508 g/mol. The van der Waals surface area contributed by atoms with Crippen LogP contribution in [0.5, 0.6) is 0 Å². The minimum absolute atomic E-state index is 0.0360. The minimum Gasteiger partial charge on any atom is -0.461 e. The predicted octanol–water partition coefficient (Wildman–Crippen LogP) is 5.01. The Bertz CT molecular complexity index is 1130. The fourth-order valence-corrected chi connectivity index (χ4v) is 4.68. The highest BCUT2D eigenvalue weighted by Gasteiger charge is 2.22. The molecule has 0 N–H and O–H groups in total. The Morgan fingerprint density at radius 1 is 0.973 bits per heavy atom. The molecule has 0 saturated carbocycles. The van der Waals surface area contributed by atoms with Crippen molar-refractivity contribution in [1.82, 2.24) is 15.0 Å². The van der Waals surface area contributed by atoms with E-state index in [2.05, 4.69) is 10.1 Å². The van der Waals surface area contributed by atoms with Gasteiger partial charge in [0.25, 0.3) is 5.91 Å². The average molecular weight is 509 g/mol. The van der Waals surface area contributed by atoms with Crippen LogP contribution in [0.15, 0.2) is 51.6 Å². The van der Waals surface area contributed by atoms with E-state index >= 15 is 0 Å². The number of hydrogen-bond donors (Lipinski definition) is 0. The van der Waals surface area contributed by atoms with Gasteiger partial charge in [-0.25, -0.2) is 0 Å². The standard InChI is InChI=1S/C28H36N4O5/c1-35-21-27(34)32-18-9-5-3-2-4-8-17-31(20-22-12-6-7-13-23(22)32)26(33)16-10-15-25-29-28(30-37-25)24-14-11-19-36-24/h6-7,11-14,19H,2-5,8-10,15-18,20-21H2,1H3. The van der Waals surface area contributed by atoms with E-state index in [1.54, 1.807) is 18.4 Å². The van der Waals surface area contributed by atoms with Crippen molar-refractivity contribution < 1.29 is 23.3 Å². The number of furan rings is 1. The summed E-state index contributed by atoms with van der Waals surface area (Å²) in [4.78, 5) is 34.4. The van der Waals surface area contributed by atoms with E-state index in [1.165, 1.54) is 7.11 Å². The van der Waals surface area contributed by atoms with Gasteiger partial charge in [0, 0.05) is 45.3 Å². The molecule has 2 aromatic heterocycles. The van der Waals surface area contributed by atoms with Crippen LogP contribution in [0, 0.1) is 0 Å². The van der Waals surface area contributed by atoms with Crippen LogP contribution in [0.3, 0.4) is 0 Å². The van der Waals surface area contributed by atoms with Crippen LogP contribution >= 0.6 is 0 Å². The van der Waals surface area contributed by atoms with E-state index in [0.29, 0.717) is 56.4 Å². The lowest BCUT2D eigenvalue weighted by atomic mass is 10.1. The number of aromatic nitrogens is 2. The molecule has 3 heterocycles. The van der Waals surface area contributed by atoms with Crippen molar-refractivity contribution >= 4 is 17.5 Å². The third-order valence-corrected chi connectivity index (χ3v) is 6.62. The number of benzene rings is 1. The number of para-hydroxylation sites is 1. The Hall–Kier alpha value is -3.46. The van der Waals surface area contributed by atoms with Crippen LogP contribution in [-0.4, -0.2) is 53.7 Å². The van der Waals surface area contributed by atoms with Crippen LogP contribution < -0.4 is 4.90 Å². The third kappa shape index (κ3) is 7.52. The number of rotatable bonds is 7. The van der Waals surface area contributed by atoms with E-state index in [0.717, 1.165) is 49.8 Å². The summed E-state index contributed by atoms with van der Waals surface area (Å²) in [6.07, 6.45) is 9.43. The second-order valence-electron chi connectivity index (χ2n) is 9.39. The molecule has 1 aliphatic rings. The lowest BCUT2D eigenvalue weighted by molar-refractivity contribution is -0.132. The molecule has 1 aromatic carbocycles. The van der Waals surface area contributed by atoms with Crippen LogP contribution in [0.4, 0.5) is 5.69 Å². The van der Waals surface area contributed by atoms with Crippen molar-refractivity contribution in [2.45, 2.75) is 64.3 Å². The largest absolute Gasteiger partial charge is 0.461 e. The van der Waals surface area contributed by atoms with E-state index < -0.39 is 0 Å². The number of carbonyl (C=O) groups is 2. The Morgan fingerprint density at radius 3 is 2.54 bits per heavy atom. The number of fused-ring (bicyclic) bond motifs is 1. The summed E-state index contributed by atoms with van der Waals surface area (Å²) in [6, 6.07) is 11.4. The lowest BCUT2D eigenvalue weighted by Gasteiger charge is -2.28. The van der Waals surface area contributed by atoms with Gasteiger partial charge in [-0.1, -0.05) is 49.0 Å². The van der Waals surface area contributed by atoms with Crippen molar-refractivity contribution in [3.05, 3.63) is 54.1 Å². The first-order valence-corrected chi connectivity index (χ1v) is 13.2. The fraction of sp³-hybridized carbons (Fsp3) is 0.500. The molecule has 37 heavy (non-hydrogen) atoms. The number of methoxy groups -OCH3 is 1. The molecule has 0 saturated heterocycles. The summed E-state index contributed by atoms with van der Waals surface area (Å²) in [5.41, 5.74) is 1.83. The van der Waals surface area contributed by atoms with E-state index in [9.17, 15) is 9.59 Å². The molecular weight excluding hydrogens is 472 g/mol. The van der Waals surface area contributed by atoms with Crippen molar-refractivity contribution in [3.8, 4) is 11.6 Å². The minimum atomic E-state index is -0.0591. The number of aryl methyl sites for hydroxylation is 1. The van der Waals surface area contributed by atoms with Crippen LogP contribution in [0.25, 0.3) is 11.6 Å². The smallest absolute Gasteiger partial charge is 0.252 e. The Labute approximate surface area is 217 Å². The van der Waals surface area contributed by atoms with Gasteiger partial charge in [0.1, 0.15) is 6.61 Å². The highest BCUT2D eigenvalue weighted by Crippen LogP contribution is 2.25. The molecule has 0 fully saturated rings. The summed E-state index contributed by atoms with van der Waals surface area (Å²) >= 11 is 0. The molecule has 0 aliphatic carbocycles. The molecule has 1 aliphatic heterocycles. The van der Waals surface area contributed by atoms with Gasteiger partial charge in [0.05, 0.1) is 6.26 Å². The summed E-state index contributed by atoms with van der Waals surface area (Å²) < 4.78 is 15.8. The van der Waals surface area contributed by atoms with Gasteiger partial charge in [0.15, 0.2) is 5.76 Å². The molecule has 0 bridgehead atoms. The van der Waals surface area contributed by atoms with Gasteiger partial charge >= 0.3 is 0 Å². The van der Waals surface area contributed by atoms with Crippen LogP contribution in [-0.2, 0) is 27.3 Å². The van der Waals surface area contributed by atoms with Crippen molar-refractivity contribution in [2.75, 3.05) is 31.7 Å².